The number of hydrogen-bond donors (Lipinski definition) is 2. The number of nitrogens with one attached hydrogen (secondary N) is 1. The van der Waals surface area contributed by atoms with E-state index in [1.807, 2.05) is 6.92 Å². The van der Waals surface area contributed by atoms with E-state index in [-0.39, 0.29) is 5.91 Å². The Balaban J connectivity index is 3.06. The molecule has 0 spiro atoms. The number of rotatable bonds is 4. The van der Waals surface area contributed by atoms with E-state index in [2.05, 4.69) is 5.32 Å². The van der Waals surface area contributed by atoms with Crippen molar-refractivity contribution in [1.29, 1.82) is 1.12 Å². The summed E-state index contributed by atoms with van der Waals surface area (Å²) in [6.07, 6.45) is 0.460. The predicted molar refractivity (Wildman–Crippen MR) is 37.2 cm³/mol. The Morgan fingerprint density at radius 2 is 2.75 bits per heavy atom. The minimum absolute atomic E-state index is 0.0391. The molecule has 0 bridgehead atoms. The topological polar surface area (TPSA) is 29.1 Å². The summed E-state index contributed by atoms with van der Waals surface area (Å²) in [5, 5.41) is 2.64. The molecule has 1 N–H and O–H groups in total. The van der Waals surface area contributed by atoms with Crippen LogP contribution in [0, 0.1) is 0 Å². The van der Waals surface area contributed by atoms with E-state index < -0.39 is 0 Å². The molecule has 48 valence electrons. The second-order valence-electron chi connectivity index (χ2n) is 1.41. The zero-order chi connectivity index (χ0) is 7.11. The maximum atomic E-state index is 10.6. The first kappa shape index (κ1) is 5.95. The van der Waals surface area contributed by atoms with E-state index in [1.165, 1.54) is 0 Å². The number of amides is 1. The standard InChI is InChI=1S/C5H11NOS/c1-2-6-5(7)3-4-8/h8H,2-4H2,1H3,(H,6,7)/i/hT. The van der Waals surface area contributed by atoms with Gasteiger partial charge in [-0.25, -0.2) is 0 Å². The molecule has 0 fully saturated rings. The van der Waals surface area contributed by atoms with Crippen molar-refractivity contribution in [2.75, 3.05) is 12.3 Å². The van der Waals surface area contributed by atoms with Gasteiger partial charge in [0.05, 0.1) is 0 Å². The Kier molecular flexibility index (Phi) is 3.69. The summed E-state index contributed by atoms with van der Waals surface area (Å²) in [5.74, 6) is 0.628. The third-order valence-electron chi connectivity index (χ3n) is 0.703. The second kappa shape index (κ2) is 4.97. The lowest BCUT2D eigenvalue weighted by atomic mass is 10.4. The van der Waals surface area contributed by atoms with Gasteiger partial charge >= 0.3 is 0 Å². The van der Waals surface area contributed by atoms with E-state index in [0.717, 1.165) is 12.5 Å². The third kappa shape index (κ3) is 3.99. The maximum absolute atomic E-state index is 10.6. The first-order valence-electron chi connectivity index (χ1n) is 3.07. The second-order valence-corrected chi connectivity index (χ2v) is 1.82. The van der Waals surface area contributed by atoms with Gasteiger partial charge in [-0.1, -0.05) is 0 Å². The highest BCUT2D eigenvalue weighted by atomic mass is 32.1. The first-order chi connectivity index (χ1) is 4.31. The normalized spacial score (nSPS) is 10.4. The van der Waals surface area contributed by atoms with Gasteiger partial charge < -0.3 is 5.32 Å². The molecule has 0 saturated carbocycles. The van der Waals surface area contributed by atoms with Crippen molar-refractivity contribution < 1.29 is 4.79 Å². The van der Waals surface area contributed by atoms with Crippen LogP contribution in [0.3, 0.4) is 0 Å². The lowest BCUT2D eigenvalue weighted by Gasteiger charge is -1.96. The van der Waals surface area contributed by atoms with Crippen molar-refractivity contribution in [3.8, 4) is 0 Å². The summed E-state index contributed by atoms with van der Waals surface area (Å²) in [4.78, 5) is 10.6. The van der Waals surface area contributed by atoms with E-state index in [4.69, 9.17) is 1.12 Å². The fourth-order valence-electron chi connectivity index (χ4n) is 0.378. The summed E-state index contributed by atoms with van der Waals surface area (Å²) in [7, 11) is 0. The summed E-state index contributed by atoms with van der Waals surface area (Å²) in [6.45, 7) is 2.56. The Bertz CT molecular complexity index is 89.0. The average Bonchev–Trinajstić information content (AvgIpc) is 1.85. The van der Waals surface area contributed by atoms with Crippen LogP contribution in [0.2, 0.25) is 0 Å². The molecule has 0 rings (SSSR count). The van der Waals surface area contributed by atoms with Crippen molar-refractivity contribution in [1.82, 2.24) is 5.32 Å². The van der Waals surface area contributed by atoms with Crippen molar-refractivity contribution in [3.05, 3.63) is 0 Å². The van der Waals surface area contributed by atoms with Crippen LogP contribution < -0.4 is 5.32 Å². The Morgan fingerprint density at radius 3 is 3.25 bits per heavy atom. The maximum Gasteiger partial charge on any atom is 0.220 e. The highest BCUT2D eigenvalue weighted by Crippen LogP contribution is 1.81. The number of hydrogen-bond acceptors (Lipinski definition) is 2. The molecular formula is C5H11NOS. The minimum Gasteiger partial charge on any atom is -0.356 e. The van der Waals surface area contributed by atoms with Crippen LogP contribution in [0.4, 0.5) is 0 Å². The van der Waals surface area contributed by atoms with Gasteiger partial charge in [0.2, 0.25) is 5.91 Å². The van der Waals surface area contributed by atoms with E-state index in [1.54, 1.807) is 0 Å². The fraction of sp³-hybridized carbons (Fsp3) is 0.800. The molecule has 0 heterocycles. The summed E-state index contributed by atoms with van der Waals surface area (Å²) in [6, 6.07) is 0. The molecule has 0 aliphatic rings. The van der Waals surface area contributed by atoms with Crippen LogP contribution in [-0.2, 0) is 4.79 Å². The van der Waals surface area contributed by atoms with Gasteiger partial charge in [0.25, 0.3) is 0 Å². The largest absolute Gasteiger partial charge is 0.356 e. The van der Waals surface area contributed by atoms with Gasteiger partial charge in [-0.2, -0.15) is 12.5 Å². The van der Waals surface area contributed by atoms with Gasteiger partial charge in [0, 0.05) is 13.0 Å². The molecule has 8 heavy (non-hydrogen) atoms. The summed E-state index contributed by atoms with van der Waals surface area (Å²) in [5.41, 5.74) is 0. The molecule has 0 aliphatic heterocycles. The van der Waals surface area contributed by atoms with Gasteiger partial charge in [0.15, 0.2) is 0 Å². The van der Waals surface area contributed by atoms with Crippen LogP contribution in [0.15, 0.2) is 0 Å². The van der Waals surface area contributed by atoms with E-state index >= 15 is 0 Å². The molecule has 0 aromatic rings. The Morgan fingerprint density at radius 1 is 2.00 bits per heavy atom. The summed E-state index contributed by atoms with van der Waals surface area (Å²) < 4.78 is 6.66. The monoisotopic (exact) mass is 135 g/mol. The third-order valence-corrected chi connectivity index (χ3v) is 0.907. The molecule has 0 aromatic carbocycles. The Hall–Kier alpha value is -0.180. The van der Waals surface area contributed by atoms with Crippen molar-refractivity contribution >= 4 is 18.4 Å². The highest BCUT2D eigenvalue weighted by Gasteiger charge is 1.93. The lowest BCUT2D eigenvalue weighted by molar-refractivity contribution is -0.120. The predicted octanol–water partition coefficient (Wildman–Crippen LogP) is 0.442. The van der Waals surface area contributed by atoms with Crippen molar-refractivity contribution in [3.63, 3.8) is 0 Å². The van der Waals surface area contributed by atoms with Crippen LogP contribution >= 0.6 is 12.5 Å². The zero-order valence-corrected chi connectivity index (χ0v) is 5.75. The van der Waals surface area contributed by atoms with Gasteiger partial charge in [-0.15, -0.1) is 0 Å². The Labute approximate surface area is 56.2 Å². The number of thiol groups is 1. The molecule has 0 saturated heterocycles. The number of carbonyl (C=O) groups is 1. The number of carbonyl (C=O) groups excluding carboxylic acids is 1. The quantitative estimate of drug-likeness (QED) is 0.538. The fourth-order valence-corrected chi connectivity index (χ4v) is 0.564. The lowest BCUT2D eigenvalue weighted by Crippen LogP contribution is -2.22. The van der Waals surface area contributed by atoms with Crippen LogP contribution in [-0.4, -0.2) is 19.3 Å². The van der Waals surface area contributed by atoms with Crippen LogP contribution in [0.1, 0.15) is 13.3 Å². The van der Waals surface area contributed by atoms with E-state index in [0.29, 0.717) is 18.7 Å². The molecule has 0 aromatic heterocycles. The minimum atomic E-state index is 0.0391. The molecular weight excluding hydrogens is 122 g/mol. The molecule has 1 amide bonds. The van der Waals surface area contributed by atoms with Crippen molar-refractivity contribution in [2.45, 2.75) is 13.3 Å². The molecule has 0 aliphatic carbocycles. The smallest absolute Gasteiger partial charge is 0.220 e. The van der Waals surface area contributed by atoms with Gasteiger partial charge in [-0.3, -0.25) is 4.79 Å². The SMILES string of the molecule is [3H]SCCC(=O)NCC. The molecule has 0 radical (unpaired) electrons. The summed E-state index contributed by atoms with van der Waals surface area (Å²) >= 11 is 0.945. The van der Waals surface area contributed by atoms with Crippen LogP contribution in [0.5, 0.6) is 0 Å². The molecule has 0 atom stereocenters. The van der Waals surface area contributed by atoms with Crippen molar-refractivity contribution in [2.24, 2.45) is 0 Å². The van der Waals surface area contributed by atoms with Gasteiger partial charge in [0.1, 0.15) is 1.12 Å². The molecule has 2 nitrogen and oxygen atoms in total. The first-order valence-corrected chi connectivity index (χ1v) is 3.23. The molecule has 3 heteroatoms. The average molecular weight is 135 g/mol. The zero-order valence-electron chi connectivity index (χ0n) is 5.94. The van der Waals surface area contributed by atoms with E-state index in [9.17, 15) is 4.79 Å². The van der Waals surface area contributed by atoms with Crippen LogP contribution in [0.25, 0.3) is 0 Å². The highest BCUT2D eigenvalue weighted by molar-refractivity contribution is 7.80. The molecule has 0 unspecified atom stereocenters. The van der Waals surface area contributed by atoms with Gasteiger partial charge in [-0.05, 0) is 12.7 Å².